The highest BCUT2D eigenvalue weighted by Gasteiger charge is 2.33. The summed E-state index contributed by atoms with van der Waals surface area (Å²) in [7, 11) is 0. The van der Waals surface area contributed by atoms with E-state index < -0.39 is 18.3 Å². The first-order valence-electron chi connectivity index (χ1n) is 4.92. The molecule has 5 heteroatoms. The second-order valence-corrected chi connectivity index (χ2v) is 3.83. The molecule has 0 saturated heterocycles. The summed E-state index contributed by atoms with van der Waals surface area (Å²) in [6.45, 7) is 3.13. The molecule has 0 heterocycles. The normalized spacial score (nSPS) is 11.9. The van der Waals surface area contributed by atoms with Crippen LogP contribution in [0.25, 0.3) is 0 Å². The number of nitrogens with one attached hydrogen (secondary N) is 1. The van der Waals surface area contributed by atoms with E-state index in [1.54, 1.807) is 13.8 Å². The van der Waals surface area contributed by atoms with Crippen LogP contribution in [0.2, 0.25) is 0 Å². The molecule has 1 aromatic carbocycles. The number of halogens is 3. The molecule has 0 amide bonds. The highest BCUT2D eigenvalue weighted by atomic mass is 19.4. The van der Waals surface area contributed by atoms with E-state index >= 15 is 0 Å². The summed E-state index contributed by atoms with van der Waals surface area (Å²) in [5.74, 6) is 0. The van der Waals surface area contributed by atoms with Crippen LogP contribution in [0.1, 0.15) is 25.0 Å². The van der Waals surface area contributed by atoms with Gasteiger partial charge in [-0.25, -0.2) is 0 Å². The molecule has 0 aromatic heterocycles. The molecule has 0 atom stereocenters. The lowest BCUT2D eigenvalue weighted by atomic mass is 10.1. The highest BCUT2D eigenvalue weighted by Crippen LogP contribution is 2.35. The first kappa shape index (κ1) is 12.8. The van der Waals surface area contributed by atoms with Crippen LogP contribution in [0.4, 0.5) is 18.9 Å². The van der Waals surface area contributed by atoms with Crippen molar-refractivity contribution in [1.29, 1.82) is 0 Å². The van der Waals surface area contributed by atoms with Crippen LogP contribution in [0.3, 0.4) is 0 Å². The summed E-state index contributed by atoms with van der Waals surface area (Å²) in [4.78, 5) is 0. The smallest absolute Gasteiger partial charge is 0.392 e. The maximum atomic E-state index is 12.7. The van der Waals surface area contributed by atoms with Gasteiger partial charge in [0.1, 0.15) is 0 Å². The van der Waals surface area contributed by atoms with Gasteiger partial charge in [-0.1, -0.05) is 6.07 Å². The average molecular weight is 233 g/mol. The van der Waals surface area contributed by atoms with Crippen molar-refractivity contribution in [3.05, 3.63) is 29.3 Å². The first-order valence-corrected chi connectivity index (χ1v) is 4.92. The molecular weight excluding hydrogens is 219 g/mol. The van der Waals surface area contributed by atoms with Crippen LogP contribution >= 0.6 is 0 Å². The highest BCUT2D eigenvalue weighted by molar-refractivity contribution is 5.54. The standard InChI is InChI=1S/C11H14F3NO/c1-7(2)15-10-4-3-8(6-16)5-9(10)11(12,13)14/h3-5,7,15-16H,6H2,1-2H3. The Bertz CT molecular complexity index is 361. The van der Waals surface area contributed by atoms with Crippen molar-refractivity contribution in [3.8, 4) is 0 Å². The lowest BCUT2D eigenvalue weighted by Gasteiger charge is -2.17. The van der Waals surface area contributed by atoms with Gasteiger partial charge in [0, 0.05) is 11.7 Å². The van der Waals surface area contributed by atoms with E-state index in [9.17, 15) is 13.2 Å². The summed E-state index contributed by atoms with van der Waals surface area (Å²) < 4.78 is 38.1. The zero-order chi connectivity index (χ0) is 12.3. The molecule has 16 heavy (non-hydrogen) atoms. The van der Waals surface area contributed by atoms with E-state index in [1.165, 1.54) is 12.1 Å². The van der Waals surface area contributed by atoms with Crippen LogP contribution < -0.4 is 5.32 Å². The minimum Gasteiger partial charge on any atom is -0.392 e. The van der Waals surface area contributed by atoms with Crippen LogP contribution in [0.15, 0.2) is 18.2 Å². The number of hydrogen-bond acceptors (Lipinski definition) is 2. The van der Waals surface area contributed by atoms with Gasteiger partial charge in [0.15, 0.2) is 0 Å². The molecule has 2 N–H and O–H groups in total. The Hall–Kier alpha value is -1.23. The van der Waals surface area contributed by atoms with E-state index in [0.717, 1.165) is 6.07 Å². The zero-order valence-corrected chi connectivity index (χ0v) is 9.10. The molecule has 0 radical (unpaired) electrons. The molecule has 2 nitrogen and oxygen atoms in total. The molecule has 0 aliphatic carbocycles. The van der Waals surface area contributed by atoms with Gasteiger partial charge >= 0.3 is 6.18 Å². The Kier molecular flexibility index (Phi) is 3.80. The summed E-state index contributed by atoms with van der Waals surface area (Å²) >= 11 is 0. The van der Waals surface area contributed by atoms with Gasteiger partial charge in [-0.2, -0.15) is 13.2 Å². The van der Waals surface area contributed by atoms with Crippen molar-refractivity contribution >= 4 is 5.69 Å². The monoisotopic (exact) mass is 233 g/mol. The maximum absolute atomic E-state index is 12.7. The molecule has 0 saturated carbocycles. The third-order valence-electron chi connectivity index (χ3n) is 2.02. The summed E-state index contributed by atoms with van der Waals surface area (Å²) in [6, 6.07) is 3.69. The minimum absolute atomic E-state index is 0.0414. The number of hydrogen-bond donors (Lipinski definition) is 2. The topological polar surface area (TPSA) is 32.3 Å². The van der Waals surface area contributed by atoms with E-state index in [1.807, 2.05) is 0 Å². The maximum Gasteiger partial charge on any atom is 0.418 e. The molecule has 0 aliphatic rings. The summed E-state index contributed by atoms with van der Waals surface area (Å²) in [5.41, 5.74) is -0.450. The number of rotatable bonds is 3. The van der Waals surface area contributed by atoms with E-state index in [4.69, 9.17) is 5.11 Å². The fraction of sp³-hybridized carbons (Fsp3) is 0.455. The van der Waals surface area contributed by atoms with Crippen LogP contribution in [-0.2, 0) is 12.8 Å². The second kappa shape index (κ2) is 4.74. The Morgan fingerprint density at radius 1 is 1.31 bits per heavy atom. The van der Waals surface area contributed by atoms with Gasteiger partial charge in [0.2, 0.25) is 0 Å². The molecule has 0 aliphatic heterocycles. The molecule has 0 bridgehead atoms. The van der Waals surface area contributed by atoms with Crippen LogP contribution in [-0.4, -0.2) is 11.1 Å². The molecule has 0 spiro atoms. The Morgan fingerprint density at radius 3 is 2.38 bits per heavy atom. The Labute approximate surface area is 92.1 Å². The fourth-order valence-corrected chi connectivity index (χ4v) is 1.36. The van der Waals surface area contributed by atoms with Gasteiger partial charge < -0.3 is 10.4 Å². The first-order chi connectivity index (χ1) is 7.34. The third-order valence-corrected chi connectivity index (χ3v) is 2.02. The van der Waals surface area contributed by atoms with Crippen molar-refractivity contribution in [1.82, 2.24) is 0 Å². The largest absolute Gasteiger partial charge is 0.418 e. The molecule has 0 fully saturated rings. The van der Waals surface area contributed by atoms with E-state index in [2.05, 4.69) is 5.32 Å². The summed E-state index contributed by atoms with van der Waals surface area (Å²) in [5, 5.41) is 11.5. The molecule has 0 unspecified atom stereocenters. The SMILES string of the molecule is CC(C)Nc1ccc(CO)cc1C(F)(F)F. The zero-order valence-electron chi connectivity index (χ0n) is 9.10. The van der Waals surface area contributed by atoms with Crippen LogP contribution in [0, 0.1) is 0 Å². The van der Waals surface area contributed by atoms with Crippen molar-refractivity contribution < 1.29 is 18.3 Å². The van der Waals surface area contributed by atoms with Crippen molar-refractivity contribution in [3.63, 3.8) is 0 Å². The number of aliphatic hydroxyl groups excluding tert-OH is 1. The molecular formula is C11H14F3NO. The second-order valence-electron chi connectivity index (χ2n) is 3.83. The van der Waals surface area contributed by atoms with Gasteiger partial charge in [-0.15, -0.1) is 0 Å². The average Bonchev–Trinajstić information content (AvgIpc) is 2.15. The minimum atomic E-state index is -4.41. The lowest BCUT2D eigenvalue weighted by molar-refractivity contribution is -0.137. The summed E-state index contributed by atoms with van der Waals surface area (Å²) in [6.07, 6.45) is -4.41. The van der Waals surface area contributed by atoms with Gasteiger partial charge in [-0.3, -0.25) is 0 Å². The number of anilines is 1. The fourth-order valence-electron chi connectivity index (χ4n) is 1.36. The molecule has 90 valence electrons. The predicted octanol–water partition coefficient (Wildman–Crippen LogP) is 3.02. The molecule has 1 aromatic rings. The Balaban J connectivity index is 3.17. The van der Waals surface area contributed by atoms with E-state index in [0.29, 0.717) is 0 Å². The number of aliphatic hydroxyl groups is 1. The van der Waals surface area contributed by atoms with Crippen molar-refractivity contribution in [2.24, 2.45) is 0 Å². The van der Waals surface area contributed by atoms with E-state index in [-0.39, 0.29) is 17.3 Å². The lowest BCUT2D eigenvalue weighted by Crippen LogP contribution is -2.16. The number of alkyl halides is 3. The van der Waals surface area contributed by atoms with Crippen molar-refractivity contribution in [2.75, 3.05) is 5.32 Å². The van der Waals surface area contributed by atoms with Gasteiger partial charge in [0.05, 0.1) is 12.2 Å². The quantitative estimate of drug-likeness (QED) is 0.841. The third kappa shape index (κ3) is 3.13. The Morgan fingerprint density at radius 2 is 1.94 bits per heavy atom. The predicted molar refractivity (Wildman–Crippen MR) is 56.1 cm³/mol. The van der Waals surface area contributed by atoms with Gasteiger partial charge in [-0.05, 0) is 31.5 Å². The van der Waals surface area contributed by atoms with Crippen LogP contribution in [0.5, 0.6) is 0 Å². The molecule has 1 rings (SSSR count). The van der Waals surface area contributed by atoms with Gasteiger partial charge in [0.25, 0.3) is 0 Å². The van der Waals surface area contributed by atoms with Crippen molar-refractivity contribution in [2.45, 2.75) is 32.7 Å². The number of benzene rings is 1.